The zero-order valence-corrected chi connectivity index (χ0v) is 12.6. The molecule has 0 aliphatic rings. The van der Waals surface area contributed by atoms with E-state index in [2.05, 4.69) is 15.9 Å². The minimum absolute atomic E-state index is 0.0688. The number of halogens is 2. The molecule has 0 aromatic heterocycles. The molecule has 2 rings (SSSR count). The van der Waals surface area contributed by atoms with E-state index in [0.29, 0.717) is 4.47 Å². The van der Waals surface area contributed by atoms with Crippen LogP contribution in [-0.4, -0.2) is 17.5 Å². The second-order valence-electron chi connectivity index (χ2n) is 4.06. The zero-order chi connectivity index (χ0) is 16.1. The SMILES string of the molecule is O=C(COc1ccccc1[N+](=O)[O-])Oc1ccc(Br)cc1F. The van der Waals surface area contributed by atoms with Gasteiger partial charge in [-0.2, -0.15) is 0 Å². The molecule has 8 heteroatoms. The van der Waals surface area contributed by atoms with E-state index in [0.717, 1.165) is 6.07 Å². The zero-order valence-electron chi connectivity index (χ0n) is 11.0. The normalized spacial score (nSPS) is 10.1. The van der Waals surface area contributed by atoms with Crippen LogP contribution in [0.5, 0.6) is 11.5 Å². The topological polar surface area (TPSA) is 78.7 Å². The molecule has 0 unspecified atom stereocenters. The predicted octanol–water partition coefficient (Wildman–Crippen LogP) is 3.48. The first-order valence-electron chi connectivity index (χ1n) is 5.99. The number of carbonyl (C=O) groups excluding carboxylic acids is 1. The fourth-order valence-electron chi connectivity index (χ4n) is 1.58. The Bertz CT molecular complexity index is 722. The van der Waals surface area contributed by atoms with Gasteiger partial charge >= 0.3 is 11.7 Å². The number of benzene rings is 2. The highest BCUT2D eigenvalue weighted by Crippen LogP contribution is 2.26. The van der Waals surface area contributed by atoms with Crippen LogP contribution in [-0.2, 0) is 4.79 Å². The van der Waals surface area contributed by atoms with Crippen molar-refractivity contribution in [3.63, 3.8) is 0 Å². The summed E-state index contributed by atoms with van der Waals surface area (Å²) in [4.78, 5) is 21.8. The fraction of sp³-hybridized carbons (Fsp3) is 0.0714. The van der Waals surface area contributed by atoms with Gasteiger partial charge in [0.25, 0.3) is 0 Å². The van der Waals surface area contributed by atoms with Gasteiger partial charge in [-0.25, -0.2) is 9.18 Å². The molecule has 0 heterocycles. The standard InChI is InChI=1S/C14H9BrFNO5/c15-9-5-6-12(10(16)7-9)22-14(18)8-21-13-4-2-1-3-11(13)17(19)20/h1-7H,8H2. The molecular formula is C14H9BrFNO5. The summed E-state index contributed by atoms with van der Waals surface area (Å²) < 4.78 is 23.8. The van der Waals surface area contributed by atoms with Crippen LogP contribution in [0, 0.1) is 15.9 Å². The first-order chi connectivity index (χ1) is 10.5. The number of nitrogens with zero attached hydrogens (tertiary/aromatic N) is 1. The lowest BCUT2D eigenvalue weighted by atomic mass is 10.3. The maximum Gasteiger partial charge on any atom is 0.349 e. The maximum absolute atomic E-state index is 13.5. The number of carbonyl (C=O) groups is 1. The molecule has 0 bridgehead atoms. The molecule has 0 atom stereocenters. The smallest absolute Gasteiger partial charge is 0.349 e. The minimum Gasteiger partial charge on any atom is -0.475 e. The third kappa shape index (κ3) is 4.01. The summed E-state index contributed by atoms with van der Waals surface area (Å²) in [7, 11) is 0. The van der Waals surface area contributed by atoms with Crippen molar-refractivity contribution in [2.45, 2.75) is 0 Å². The molecule has 0 spiro atoms. The third-order valence-electron chi connectivity index (χ3n) is 2.53. The van der Waals surface area contributed by atoms with Crippen molar-refractivity contribution in [1.82, 2.24) is 0 Å². The molecule has 6 nitrogen and oxygen atoms in total. The summed E-state index contributed by atoms with van der Waals surface area (Å²) in [5, 5.41) is 10.8. The molecule has 2 aromatic rings. The van der Waals surface area contributed by atoms with E-state index >= 15 is 0 Å². The largest absolute Gasteiger partial charge is 0.475 e. The summed E-state index contributed by atoms with van der Waals surface area (Å²) in [6.07, 6.45) is 0. The minimum atomic E-state index is -0.876. The Morgan fingerprint density at radius 1 is 1.23 bits per heavy atom. The number of nitro groups is 1. The van der Waals surface area contributed by atoms with Crippen molar-refractivity contribution < 1.29 is 23.6 Å². The van der Waals surface area contributed by atoms with E-state index in [1.165, 1.54) is 36.4 Å². The van der Waals surface area contributed by atoms with Gasteiger partial charge in [0.1, 0.15) is 0 Å². The van der Waals surface area contributed by atoms with Gasteiger partial charge in [0.05, 0.1) is 4.92 Å². The Balaban J connectivity index is 2.00. The third-order valence-corrected chi connectivity index (χ3v) is 3.02. The summed E-state index contributed by atoms with van der Waals surface area (Å²) in [6.45, 7) is -0.583. The lowest BCUT2D eigenvalue weighted by Crippen LogP contribution is -2.18. The van der Waals surface area contributed by atoms with Crippen LogP contribution in [0.3, 0.4) is 0 Å². The summed E-state index contributed by atoms with van der Waals surface area (Å²) >= 11 is 3.08. The van der Waals surface area contributed by atoms with E-state index in [9.17, 15) is 19.3 Å². The maximum atomic E-state index is 13.5. The number of para-hydroxylation sites is 2. The molecule has 114 valence electrons. The highest BCUT2D eigenvalue weighted by molar-refractivity contribution is 9.10. The molecule has 0 saturated heterocycles. The van der Waals surface area contributed by atoms with Crippen molar-refractivity contribution in [3.8, 4) is 11.5 Å². The number of nitro benzene ring substituents is 1. The van der Waals surface area contributed by atoms with Gasteiger partial charge in [0.2, 0.25) is 0 Å². The van der Waals surface area contributed by atoms with E-state index in [4.69, 9.17) is 9.47 Å². The van der Waals surface area contributed by atoms with E-state index in [1.807, 2.05) is 0 Å². The molecule has 0 aliphatic heterocycles. The van der Waals surface area contributed by atoms with E-state index in [-0.39, 0.29) is 17.2 Å². The van der Waals surface area contributed by atoms with Crippen LogP contribution in [0.4, 0.5) is 10.1 Å². The highest BCUT2D eigenvalue weighted by Gasteiger charge is 2.16. The average Bonchev–Trinajstić information content (AvgIpc) is 2.48. The molecule has 0 radical (unpaired) electrons. The van der Waals surface area contributed by atoms with Crippen LogP contribution in [0.25, 0.3) is 0 Å². The van der Waals surface area contributed by atoms with E-state index in [1.54, 1.807) is 0 Å². The number of esters is 1. The fourth-order valence-corrected chi connectivity index (χ4v) is 1.91. The van der Waals surface area contributed by atoms with Gasteiger partial charge in [-0.15, -0.1) is 0 Å². The Hall–Kier alpha value is -2.48. The van der Waals surface area contributed by atoms with Crippen LogP contribution >= 0.6 is 15.9 Å². The van der Waals surface area contributed by atoms with Crippen molar-refractivity contribution in [3.05, 3.63) is 62.9 Å². The van der Waals surface area contributed by atoms with Gasteiger partial charge in [-0.3, -0.25) is 10.1 Å². The molecule has 0 amide bonds. The number of ether oxygens (including phenoxy) is 2. The summed E-state index contributed by atoms with van der Waals surface area (Å²) in [5.41, 5.74) is -0.273. The Morgan fingerprint density at radius 3 is 2.64 bits per heavy atom. The quantitative estimate of drug-likeness (QED) is 0.349. The first-order valence-corrected chi connectivity index (χ1v) is 6.78. The average molecular weight is 370 g/mol. The Labute approximate surface area is 132 Å². The van der Waals surface area contributed by atoms with Crippen molar-refractivity contribution in [2.75, 3.05) is 6.61 Å². The summed E-state index contributed by atoms with van der Waals surface area (Å²) in [5.74, 6) is -1.91. The van der Waals surface area contributed by atoms with Gasteiger partial charge in [0, 0.05) is 10.5 Å². The molecular weight excluding hydrogens is 361 g/mol. The van der Waals surface area contributed by atoms with Crippen molar-refractivity contribution in [2.24, 2.45) is 0 Å². The molecule has 0 fully saturated rings. The van der Waals surface area contributed by atoms with Crippen LogP contribution < -0.4 is 9.47 Å². The molecule has 22 heavy (non-hydrogen) atoms. The highest BCUT2D eigenvalue weighted by atomic mass is 79.9. The van der Waals surface area contributed by atoms with Gasteiger partial charge in [0.15, 0.2) is 23.9 Å². The van der Waals surface area contributed by atoms with Crippen molar-refractivity contribution in [1.29, 1.82) is 0 Å². The first kappa shape index (κ1) is 15.9. The molecule has 0 N–H and O–H groups in total. The van der Waals surface area contributed by atoms with Crippen LogP contribution in [0.15, 0.2) is 46.9 Å². The second kappa shape index (κ2) is 6.99. The van der Waals surface area contributed by atoms with Crippen LogP contribution in [0.1, 0.15) is 0 Å². The lowest BCUT2D eigenvalue weighted by Gasteiger charge is -2.07. The van der Waals surface area contributed by atoms with Crippen molar-refractivity contribution >= 4 is 27.6 Å². The molecule has 0 aliphatic carbocycles. The summed E-state index contributed by atoms with van der Waals surface area (Å²) in [6, 6.07) is 9.53. The molecule has 0 saturated carbocycles. The van der Waals surface area contributed by atoms with Gasteiger partial charge < -0.3 is 9.47 Å². The lowest BCUT2D eigenvalue weighted by molar-refractivity contribution is -0.385. The molecule has 2 aromatic carbocycles. The monoisotopic (exact) mass is 369 g/mol. The Kier molecular flexibility index (Phi) is 5.05. The van der Waals surface area contributed by atoms with Crippen LogP contribution in [0.2, 0.25) is 0 Å². The van der Waals surface area contributed by atoms with Gasteiger partial charge in [-0.05, 0) is 24.3 Å². The number of rotatable bonds is 5. The number of hydrogen-bond acceptors (Lipinski definition) is 5. The van der Waals surface area contributed by atoms with Gasteiger partial charge in [-0.1, -0.05) is 28.1 Å². The van der Waals surface area contributed by atoms with E-state index < -0.39 is 23.3 Å². The Morgan fingerprint density at radius 2 is 1.95 bits per heavy atom. The second-order valence-corrected chi connectivity index (χ2v) is 4.98. The predicted molar refractivity (Wildman–Crippen MR) is 78.3 cm³/mol. The number of hydrogen-bond donors (Lipinski definition) is 0.